The topological polar surface area (TPSA) is 37.4 Å². The number of amides is 1. The van der Waals surface area contributed by atoms with E-state index in [1.54, 1.807) is 4.90 Å². The van der Waals surface area contributed by atoms with Crippen LogP contribution in [0, 0.1) is 0 Å². The number of rotatable bonds is 7. The first-order chi connectivity index (χ1) is 8.58. The lowest BCUT2D eigenvalue weighted by Gasteiger charge is -2.17. The van der Waals surface area contributed by atoms with Gasteiger partial charge in [0.15, 0.2) is 5.78 Å². The van der Waals surface area contributed by atoms with Crippen LogP contribution in [0.15, 0.2) is 15.9 Å². The lowest BCUT2D eigenvalue weighted by Crippen LogP contribution is -2.32. The second-order valence-corrected chi connectivity index (χ2v) is 7.03. The molecule has 1 rings (SSSR count). The van der Waals surface area contributed by atoms with E-state index in [1.165, 1.54) is 23.1 Å². The largest absolute Gasteiger partial charge is 0.343 e. The SMILES string of the molecule is CCN(CC)C(=O)CSCC(=O)c1ccc(Br)s1. The molecule has 1 amide bonds. The van der Waals surface area contributed by atoms with Crippen LogP contribution in [0.2, 0.25) is 0 Å². The van der Waals surface area contributed by atoms with Crippen molar-refractivity contribution in [3.63, 3.8) is 0 Å². The van der Waals surface area contributed by atoms with Gasteiger partial charge in [0.05, 0.1) is 20.2 Å². The first-order valence-electron chi connectivity index (χ1n) is 5.72. The molecule has 0 N–H and O–H groups in total. The van der Waals surface area contributed by atoms with Crippen LogP contribution in [0.1, 0.15) is 23.5 Å². The van der Waals surface area contributed by atoms with Gasteiger partial charge in [-0.1, -0.05) is 0 Å². The van der Waals surface area contributed by atoms with Gasteiger partial charge < -0.3 is 4.90 Å². The average Bonchev–Trinajstić information content (AvgIpc) is 2.77. The molecule has 0 aliphatic heterocycles. The summed E-state index contributed by atoms with van der Waals surface area (Å²) in [5.41, 5.74) is 0. The molecule has 0 aliphatic rings. The summed E-state index contributed by atoms with van der Waals surface area (Å²) in [6.45, 7) is 5.37. The minimum atomic E-state index is 0.0862. The van der Waals surface area contributed by atoms with Crippen molar-refractivity contribution in [2.45, 2.75) is 13.8 Å². The van der Waals surface area contributed by atoms with Crippen LogP contribution in [0.3, 0.4) is 0 Å². The fourth-order valence-electron chi connectivity index (χ4n) is 1.43. The van der Waals surface area contributed by atoms with Crippen LogP contribution in [0.25, 0.3) is 0 Å². The molecule has 0 atom stereocenters. The zero-order chi connectivity index (χ0) is 13.5. The van der Waals surface area contributed by atoms with Crippen LogP contribution in [-0.4, -0.2) is 41.2 Å². The maximum Gasteiger partial charge on any atom is 0.232 e. The van der Waals surface area contributed by atoms with E-state index in [0.717, 1.165) is 21.8 Å². The third-order valence-corrected chi connectivity index (χ3v) is 5.00. The number of hydrogen-bond acceptors (Lipinski definition) is 4. The van der Waals surface area contributed by atoms with Crippen molar-refractivity contribution in [2.24, 2.45) is 0 Å². The summed E-state index contributed by atoms with van der Waals surface area (Å²) < 4.78 is 0.954. The fourth-order valence-corrected chi connectivity index (χ4v) is 3.65. The van der Waals surface area contributed by atoms with E-state index in [1.807, 2.05) is 26.0 Å². The number of carbonyl (C=O) groups excluding carboxylic acids is 2. The molecule has 0 spiro atoms. The second kappa shape index (κ2) is 7.96. The Kier molecular flexibility index (Phi) is 6.96. The van der Waals surface area contributed by atoms with E-state index in [-0.39, 0.29) is 11.7 Å². The Balaban J connectivity index is 2.34. The molecule has 1 aromatic rings. The predicted octanol–water partition coefficient (Wildman–Crippen LogP) is 3.29. The van der Waals surface area contributed by atoms with Gasteiger partial charge in [-0.25, -0.2) is 0 Å². The maximum atomic E-state index is 11.8. The summed E-state index contributed by atoms with van der Waals surface area (Å²) in [6.07, 6.45) is 0. The lowest BCUT2D eigenvalue weighted by atomic mass is 10.4. The van der Waals surface area contributed by atoms with Gasteiger partial charge in [-0.05, 0) is 41.9 Å². The van der Waals surface area contributed by atoms with Crippen molar-refractivity contribution in [3.8, 4) is 0 Å². The Morgan fingerprint density at radius 3 is 2.44 bits per heavy atom. The smallest absolute Gasteiger partial charge is 0.232 e. The molecule has 0 aromatic carbocycles. The highest BCUT2D eigenvalue weighted by Crippen LogP contribution is 2.23. The summed E-state index contributed by atoms with van der Waals surface area (Å²) in [5, 5.41) is 0. The lowest BCUT2D eigenvalue weighted by molar-refractivity contribution is -0.127. The Morgan fingerprint density at radius 2 is 1.94 bits per heavy atom. The van der Waals surface area contributed by atoms with Gasteiger partial charge in [0.25, 0.3) is 0 Å². The third kappa shape index (κ3) is 4.74. The van der Waals surface area contributed by atoms with Crippen LogP contribution in [0.4, 0.5) is 0 Å². The molecular weight excluding hydrogens is 334 g/mol. The number of ketones is 1. The molecule has 3 nitrogen and oxygen atoms in total. The molecular formula is C12H16BrNO2S2. The Hall–Kier alpha value is -0.330. The minimum Gasteiger partial charge on any atom is -0.343 e. The van der Waals surface area contributed by atoms with Crippen molar-refractivity contribution in [1.82, 2.24) is 4.90 Å². The summed E-state index contributed by atoms with van der Waals surface area (Å²) >= 11 is 6.14. The number of halogens is 1. The summed E-state index contributed by atoms with van der Waals surface area (Å²) in [7, 11) is 0. The summed E-state index contributed by atoms with van der Waals surface area (Å²) in [4.78, 5) is 26.0. The van der Waals surface area contributed by atoms with Crippen LogP contribution < -0.4 is 0 Å². The van der Waals surface area contributed by atoms with Crippen molar-refractivity contribution < 1.29 is 9.59 Å². The monoisotopic (exact) mass is 349 g/mol. The van der Waals surface area contributed by atoms with E-state index in [0.29, 0.717) is 11.5 Å². The highest BCUT2D eigenvalue weighted by Gasteiger charge is 2.12. The number of thioether (sulfide) groups is 1. The van der Waals surface area contributed by atoms with Gasteiger partial charge in [-0.15, -0.1) is 23.1 Å². The van der Waals surface area contributed by atoms with E-state index < -0.39 is 0 Å². The zero-order valence-corrected chi connectivity index (χ0v) is 13.7. The quantitative estimate of drug-likeness (QED) is 0.708. The molecule has 0 bridgehead atoms. The van der Waals surface area contributed by atoms with Gasteiger partial charge in [0, 0.05) is 13.1 Å². The number of Topliss-reactive ketones (excluding diaryl/α,β-unsaturated/α-hetero) is 1. The third-order valence-electron chi connectivity index (χ3n) is 2.42. The first-order valence-corrected chi connectivity index (χ1v) is 8.49. The number of nitrogens with zero attached hydrogens (tertiary/aromatic N) is 1. The Bertz CT molecular complexity index is 416. The molecule has 18 heavy (non-hydrogen) atoms. The Labute approximate surface area is 124 Å². The van der Waals surface area contributed by atoms with Crippen molar-refractivity contribution in [2.75, 3.05) is 24.6 Å². The van der Waals surface area contributed by atoms with Crippen LogP contribution in [-0.2, 0) is 4.79 Å². The van der Waals surface area contributed by atoms with E-state index >= 15 is 0 Å². The minimum absolute atomic E-state index is 0.0862. The first kappa shape index (κ1) is 15.7. The molecule has 6 heteroatoms. The van der Waals surface area contributed by atoms with Gasteiger partial charge in [-0.3, -0.25) is 9.59 Å². The zero-order valence-electron chi connectivity index (χ0n) is 10.4. The van der Waals surface area contributed by atoms with E-state index in [4.69, 9.17) is 0 Å². The van der Waals surface area contributed by atoms with Crippen molar-refractivity contribution in [3.05, 3.63) is 20.8 Å². The fraction of sp³-hybridized carbons (Fsp3) is 0.500. The highest BCUT2D eigenvalue weighted by atomic mass is 79.9. The van der Waals surface area contributed by atoms with Crippen molar-refractivity contribution >= 4 is 50.7 Å². The van der Waals surface area contributed by atoms with Crippen LogP contribution in [0.5, 0.6) is 0 Å². The molecule has 0 aliphatic carbocycles. The Morgan fingerprint density at radius 1 is 1.28 bits per heavy atom. The number of thiophene rings is 1. The molecule has 0 radical (unpaired) electrons. The molecule has 1 aromatic heterocycles. The summed E-state index contributed by atoms with van der Waals surface area (Å²) in [6, 6.07) is 3.67. The average molecular weight is 350 g/mol. The highest BCUT2D eigenvalue weighted by molar-refractivity contribution is 9.11. The number of hydrogen-bond donors (Lipinski definition) is 0. The molecule has 0 saturated carbocycles. The van der Waals surface area contributed by atoms with Crippen LogP contribution >= 0.6 is 39.0 Å². The standard InChI is InChI=1S/C12H16BrNO2S2/c1-3-14(4-2)12(16)8-17-7-9(15)10-5-6-11(13)18-10/h5-6H,3-4,7-8H2,1-2H3. The molecule has 0 unspecified atom stereocenters. The normalized spacial score (nSPS) is 10.4. The van der Waals surface area contributed by atoms with Crippen molar-refractivity contribution in [1.29, 1.82) is 0 Å². The van der Waals surface area contributed by atoms with Gasteiger partial charge in [0.1, 0.15) is 0 Å². The second-order valence-electron chi connectivity index (χ2n) is 3.59. The molecule has 0 saturated heterocycles. The predicted molar refractivity (Wildman–Crippen MR) is 81.6 cm³/mol. The molecule has 1 heterocycles. The number of carbonyl (C=O) groups is 2. The van der Waals surface area contributed by atoms with E-state index in [2.05, 4.69) is 15.9 Å². The van der Waals surface area contributed by atoms with Gasteiger partial charge >= 0.3 is 0 Å². The molecule has 100 valence electrons. The maximum absolute atomic E-state index is 11.8. The van der Waals surface area contributed by atoms with E-state index in [9.17, 15) is 9.59 Å². The molecule has 0 fully saturated rings. The van der Waals surface area contributed by atoms with Gasteiger partial charge in [0.2, 0.25) is 5.91 Å². The van der Waals surface area contributed by atoms with Gasteiger partial charge in [-0.2, -0.15) is 0 Å². The summed E-state index contributed by atoms with van der Waals surface area (Å²) in [5.74, 6) is 0.924.